The first-order chi connectivity index (χ1) is 14.8. The number of hydrogen-bond acceptors (Lipinski definition) is 5. The van der Waals surface area contributed by atoms with E-state index in [2.05, 4.69) is 5.32 Å². The number of nitrogens with zero attached hydrogens (tertiary/aromatic N) is 2. The average Bonchev–Trinajstić information content (AvgIpc) is 3.01. The van der Waals surface area contributed by atoms with Crippen LogP contribution in [0.5, 0.6) is 0 Å². The Morgan fingerprint density at radius 3 is 2.58 bits per heavy atom. The highest BCUT2D eigenvalue weighted by Gasteiger charge is 2.17. The highest BCUT2D eigenvalue weighted by atomic mass is 35.5. The van der Waals surface area contributed by atoms with Crippen molar-refractivity contribution in [1.82, 2.24) is 9.88 Å². The summed E-state index contributed by atoms with van der Waals surface area (Å²) in [6, 6.07) is 10.5. The number of aromatic nitrogens is 1. The molecule has 1 N–H and O–H groups in total. The molecule has 164 valence electrons. The van der Waals surface area contributed by atoms with Gasteiger partial charge in [0.15, 0.2) is 6.61 Å². The summed E-state index contributed by atoms with van der Waals surface area (Å²) in [5, 5.41) is 12.7. The number of nitriles is 1. The second-order valence-corrected chi connectivity index (χ2v) is 7.49. The predicted molar refractivity (Wildman–Crippen MR) is 118 cm³/mol. The minimum atomic E-state index is -0.849. The van der Waals surface area contributed by atoms with Crippen molar-refractivity contribution in [1.29, 1.82) is 5.26 Å². The van der Waals surface area contributed by atoms with Crippen molar-refractivity contribution >= 4 is 29.6 Å². The molecule has 0 fully saturated rings. The van der Waals surface area contributed by atoms with Crippen molar-refractivity contribution in [2.24, 2.45) is 0 Å². The average molecular weight is 444 g/mol. The Hall–Kier alpha value is -3.08. The maximum Gasteiger partial charge on any atom is 0.349 e. The number of nitrogens with one attached hydrogen (secondary N) is 1. The topological polar surface area (TPSA) is 93.3 Å². The summed E-state index contributed by atoms with van der Waals surface area (Å²) in [6.07, 6.45) is 1.47. The SMILES string of the molecule is COCCn1c(C)cc(/C=C(/C#N)C(=O)OCC(=O)NC(C)c2ccc(Cl)cc2)c1C. The predicted octanol–water partition coefficient (Wildman–Crippen LogP) is 3.73. The molecule has 2 aromatic rings. The van der Waals surface area contributed by atoms with Crippen LogP contribution in [-0.2, 0) is 25.6 Å². The van der Waals surface area contributed by atoms with Gasteiger partial charge in [-0.05, 0) is 56.2 Å². The van der Waals surface area contributed by atoms with Gasteiger partial charge >= 0.3 is 5.97 Å². The van der Waals surface area contributed by atoms with Crippen LogP contribution in [0.1, 0.15) is 35.5 Å². The molecule has 0 bridgehead atoms. The van der Waals surface area contributed by atoms with Crippen molar-refractivity contribution < 1.29 is 19.1 Å². The van der Waals surface area contributed by atoms with Crippen LogP contribution in [-0.4, -0.2) is 36.8 Å². The van der Waals surface area contributed by atoms with E-state index >= 15 is 0 Å². The fraction of sp³-hybridized carbons (Fsp3) is 0.348. The minimum Gasteiger partial charge on any atom is -0.451 e. The number of methoxy groups -OCH3 is 1. The second-order valence-electron chi connectivity index (χ2n) is 7.06. The zero-order valence-electron chi connectivity index (χ0n) is 18.1. The van der Waals surface area contributed by atoms with Gasteiger partial charge in [-0.1, -0.05) is 23.7 Å². The molecular formula is C23H26ClN3O4. The molecule has 31 heavy (non-hydrogen) atoms. The Balaban J connectivity index is 1.99. The first kappa shape index (κ1) is 24.2. The minimum absolute atomic E-state index is 0.175. The van der Waals surface area contributed by atoms with Gasteiger partial charge in [0, 0.05) is 30.1 Å². The van der Waals surface area contributed by atoms with Gasteiger partial charge in [-0.25, -0.2) is 4.79 Å². The Kier molecular flexibility index (Phi) is 8.86. The van der Waals surface area contributed by atoms with Gasteiger partial charge in [-0.2, -0.15) is 5.26 Å². The summed E-state index contributed by atoms with van der Waals surface area (Å²) in [4.78, 5) is 24.5. The molecule has 2 rings (SSSR count). The number of hydrogen-bond donors (Lipinski definition) is 1. The van der Waals surface area contributed by atoms with Gasteiger partial charge in [0.1, 0.15) is 11.6 Å². The fourth-order valence-corrected chi connectivity index (χ4v) is 3.25. The normalized spacial score (nSPS) is 12.2. The summed E-state index contributed by atoms with van der Waals surface area (Å²) in [6.45, 7) is 6.39. The van der Waals surface area contributed by atoms with E-state index in [4.69, 9.17) is 21.1 Å². The zero-order valence-corrected chi connectivity index (χ0v) is 18.8. The number of halogens is 1. The van der Waals surface area contributed by atoms with Crippen molar-refractivity contribution in [2.45, 2.75) is 33.4 Å². The van der Waals surface area contributed by atoms with Crippen LogP contribution in [0, 0.1) is 25.2 Å². The smallest absolute Gasteiger partial charge is 0.349 e. The molecule has 1 aromatic carbocycles. The molecular weight excluding hydrogens is 418 g/mol. The van der Waals surface area contributed by atoms with Crippen LogP contribution in [0.15, 0.2) is 35.9 Å². The summed E-state index contributed by atoms with van der Waals surface area (Å²) in [5.74, 6) is -1.32. The van der Waals surface area contributed by atoms with Crippen LogP contribution < -0.4 is 5.32 Å². The Morgan fingerprint density at radius 2 is 1.97 bits per heavy atom. The lowest BCUT2D eigenvalue weighted by Gasteiger charge is -2.14. The third-order valence-corrected chi connectivity index (χ3v) is 5.11. The lowest BCUT2D eigenvalue weighted by Crippen LogP contribution is -2.31. The molecule has 1 atom stereocenters. The molecule has 0 saturated heterocycles. The van der Waals surface area contributed by atoms with Crippen molar-refractivity contribution in [3.8, 4) is 6.07 Å². The monoisotopic (exact) mass is 443 g/mol. The van der Waals surface area contributed by atoms with Gasteiger partial charge < -0.3 is 19.4 Å². The molecule has 1 unspecified atom stereocenters. The standard InChI is InChI=1S/C23H26ClN3O4/c1-15-11-19(17(3)27(15)9-10-30-4)12-20(13-25)23(29)31-14-22(28)26-16(2)18-5-7-21(24)8-6-18/h5-8,11-12,16H,9-10,14H2,1-4H3,(H,26,28)/b20-12-. The molecule has 0 aliphatic rings. The zero-order chi connectivity index (χ0) is 23.0. The van der Waals surface area contributed by atoms with E-state index in [0.717, 1.165) is 22.5 Å². The highest BCUT2D eigenvalue weighted by molar-refractivity contribution is 6.30. The van der Waals surface area contributed by atoms with Crippen molar-refractivity contribution in [3.05, 3.63) is 63.4 Å². The number of benzene rings is 1. The third-order valence-electron chi connectivity index (χ3n) is 4.85. The Labute approximate surface area is 187 Å². The summed E-state index contributed by atoms with van der Waals surface area (Å²) < 4.78 is 12.2. The van der Waals surface area contributed by atoms with Crippen molar-refractivity contribution in [2.75, 3.05) is 20.3 Å². The number of amides is 1. The number of carbonyl (C=O) groups excluding carboxylic acids is 2. The molecule has 0 aliphatic carbocycles. The largest absolute Gasteiger partial charge is 0.451 e. The van der Waals surface area contributed by atoms with E-state index < -0.39 is 18.5 Å². The first-order valence-electron chi connectivity index (χ1n) is 9.76. The molecule has 0 saturated carbocycles. The molecule has 0 aliphatic heterocycles. The van der Waals surface area contributed by atoms with Gasteiger partial charge in [0.2, 0.25) is 0 Å². The number of carbonyl (C=O) groups is 2. The van der Waals surface area contributed by atoms with E-state index in [1.165, 1.54) is 6.08 Å². The molecule has 8 heteroatoms. The third kappa shape index (κ3) is 6.71. The number of aryl methyl sites for hydroxylation is 1. The van der Waals surface area contributed by atoms with Crippen molar-refractivity contribution in [3.63, 3.8) is 0 Å². The number of rotatable bonds is 9. The molecule has 0 radical (unpaired) electrons. The lowest BCUT2D eigenvalue weighted by molar-refractivity contribution is -0.144. The van der Waals surface area contributed by atoms with Crippen LogP contribution >= 0.6 is 11.6 Å². The number of esters is 1. The fourth-order valence-electron chi connectivity index (χ4n) is 3.12. The van der Waals surface area contributed by atoms with Crippen LogP contribution in [0.3, 0.4) is 0 Å². The highest BCUT2D eigenvalue weighted by Crippen LogP contribution is 2.19. The van der Waals surface area contributed by atoms with Gasteiger partial charge in [0.05, 0.1) is 12.6 Å². The van der Waals surface area contributed by atoms with Crippen LogP contribution in [0.2, 0.25) is 5.02 Å². The quantitative estimate of drug-likeness (QED) is 0.362. The molecule has 1 amide bonds. The van der Waals surface area contributed by atoms with Crippen LogP contribution in [0.4, 0.5) is 0 Å². The molecule has 1 aromatic heterocycles. The lowest BCUT2D eigenvalue weighted by atomic mass is 10.1. The van der Waals surface area contributed by atoms with Gasteiger partial charge in [-0.3, -0.25) is 4.79 Å². The van der Waals surface area contributed by atoms with Gasteiger partial charge in [0.25, 0.3) is 5.91 Å². The maximum absolute atomic E-state index is 12.3. The van der Waals surface area contributed by atoms with E-state index in [0.29, 0.717) is 18.2 Å². The van der Waals surface area contributed by atoms with Gasteiger partial charge in [-0.15, -0.1) is 0 Å². The summed E-state index contributed by atoms with van der Waals surface area (Å²) in [7, 11) is 1.63. The van der Waals surface area contributed by atoms with E-state index in [1.807, 2.05) is 37.5 Å². The Bertz CT molecular complexity index is 1000. The van der Waals surface area contributed by atoms with E-state index in [-0.39, 0.29) is 11.6 Å². The number of ether oxygens (including phenoxy) is 2. The maximum atomic E-state index is 12.3. The first-order valence-corrected chi connectivity index (χ1v) is 10.1. The molecule has 1 heterocycles. The Morgan fingerprint density at radius 1 is 1.29 bits per heavy atom. The summed E-state index contributed by atoms with van der Waals surface area (Å²) in [5.41, 5.74) is 3.32. The molecule has 0 spiro atoms. The van der Waals surface area contributed by atoms with Crippen LogP contribution in [0.25, 0.3) is 6.08 Å². The van der Waals surface area contributed by atoms with E-state index in [1.54, 1.807) is 31.4 Å². The summed E-state index contributed by atoms with van der Waals surface area (Å²) >= 11 is 5.87. The molecule has 7 nitrogen and oxygen atoms in total. The second kappa shape index (κ2) is 11.3. The van der Waals surface area contributed by atoms with E-state index in [9.17, 15) is 14.9 Å².